The van der Waals surface area contributed by atoms with E-state index in [2.05, 4.69) is 9.88 Å². The lowest BCUT2D eigenvalue weighted by Gasteiger charge is -2.37. The summed E-state index contributed by atoms with van der Waals surface area (Å²) in [7, 11) is 1.67. The lowest BCUT2D eigenvalue weighted by atomic mass is 10.1. The number of likely N-dealkylation sites (tertiary alicyclic amines) is 1. The van der Waals surface area contributed by atoms with E-state index in [4.69, 9.17) is 4.74 Å². The van der Waals surface area contributed by atoms with Crippen LogP contribution in [-0.4, -0.2) is 66.4 Å². The van der Waals surface area contributed by atoms with E-state index in [-0.39, 0.29) is 17.7 Å². The highest BCUT2D eigenvalue weighted by Gasteiger charge is 2.37. The SMILES string of the molecule is COc1ccccc1N1CCN(C(=O)C2CC(=O)N(Cc3ccccn3)C2)CC1. The summed E-state index contributed by atoms with van der Waals surface area (Å²) in [6, 6.07) is 13.6. The van der Waals surface area contributed by atoms with Crippen LogP contribution in [0.25, 0.3) is 0 Å². The molecule has 1 aromatic carbocycles. The first-order chi connectivity index (χ1) is 14.2. The average Bonchev–Trinajstić information content (AvgIpc) is 3.14. The number of amides is 2. The van der Waals surface area contributed by atoms with Gasteiger partial charge < -0.3 is 19.4 Å². The van der Waals surface area contributed by atoms with E-state index >= 15 is 0 Å². The molecule has 3 heterocycles. The minimum absolute atomic E-state index is 0.0293. The standard InChI is InChI=1S/C22H26N4O3/c1-29-20-8-3-2-7-19(20)24-10-12-25(13-11-24)22(28)17-14-21(27)26(15-17)16-18-6-4-5-9-23-18/h2-9,17H,10-16H2,1H3. The summed E-state index contributed by atoms with van der Waals surface area (Å²) in [6.07, 6.45) is 2.01. The van der Waals surface area contributed by atoms with Gasteiger partial charge in [-0.15, -0.1) is 0 Å². The maximum absolute atomic E-state index is 13.0. The van der Waals surface area contributed by atoms with Crippen LogP contribution in [0.2, 0.25) is 0 Å². The van der Waals surface area contributed by atoms with Gasteiger partial charge in [0.2, 0.25) is 11.8 Å². The molecular formula is C22H26N4O3. The minimum atomic E-state index is -0.260. The fourth-order valence-electron chi connectivity index (χ4n) is 4.09. The molecule has 2 amide bonds. The molecule has 4 rings (SSSR count). The Kier molecular flexibility index (Phi) is 5.64. The molecule has 0 radical (unpaired) electrons. The molecule has 152 valence electrons. The predicted molar refractivity (Wildman–Crippen MR) is 110 cm³/mol. The monoisotopic (exact) mass is 394 g/mol. The van der Waals surface area contributed by atoms with Crippen LogP contribution < -0.4 is 9.64 Å². The first kappa shape index (κ1) is 19.2. The minimum Gasteiger partial charge on any atom is -0.495 e. The second-order valence-corrected chi connectivity index (χ2v) is 7.48. The smallest absolute Gasteiger partial charge is 0.228 e. The largest absolute Gasteiger partial charge is 0.495 e. The van der Waals surface area contributed by atoms with E-state index in [0.717, 1.165) is 30.2 Å². The lowest BCUT2D eigenvalue weighted by Crippen LogP contribution is -2.50. The number of anilines is 1. The molecule has 2 aromatic rings. The molecule has 1 atom stereocenters. The van der Waals surface area contributed by atoms with E-state index in [1.54, 1.807) is 18.2 Å². The molecule has 2 aliphatic heterocycles. The Balaban J connectivity index is 1.33. The molecule has 1 unspecified atom stereocenters. The van der Waals surface area contributed by atoms with Crippen molar-refractivity contribution >= 4 is 17.5 Å². The second-order valence-electron chi connectivity index (χ2n) is 7.48. The topological polar surface area (TPSA) is 66.0 Å². The third-order valence-corrected chi connectivity index (χ3v) is 5.66. The molecule has 1 aromatic heterocycles. The summed E-state index contributed by atoms with van der Waals surface area (Å²) >= 11 is 0. The van der Waals surface area contributed by atoms with Gasteiger partial charge in [0.05, 0.1) is 31.0 Å². The molecule has 0 saturated carbocycles. The molecule has 2 fully saturated rings. The summed E-state index contributed by atoms with van der Waals surface area (Å²) in [5.74, 6) is 0.700. The number of carbonyl (C=O) groups excluding carboxylic acids is 2. The van der Waals surface area contributed by atoms with Gasteiger partial charge in [0.1, 0.15) is 5.75 Å². The first-order valence-electron chi connectivity index (χ1n) is 10.00. The molecule has 7 heteroatoms. The normalized spacial score (nSPS) is 19.6. The van der Waals surface area contributed by atoms with Crippen LogP contribution in [0.4, 0.5) is 5.69 Å². The van der Waals surface area contributed by atoms with Crippen LogP contribution in [0.5, 0.6) is 5.75 Å². The van der Waals surface area contributed by atoms with Crippen molar-refractivity contribution in [3.63, 3.8) is 0 Å². The van der Waals surface area contributed by atoms with Crippen molar-refractivity contribution in [3.8, 4) is 5.75 Å². The van der Waals surface area contributed by atoms with Crippen LogP contribution in [0.1, 0.15) is 12.1 Å². The number of hydrogen-bond donors (Lipinski definition) is 0. The maximum atomic E-state index is 13.0. The molecule has 0 N–H and O–H groups in total. The summed E-state index contributed by atoms with van der Waals surface area (Å²) in [5, 5.41) is 0. The number of aromatic nitrogens is 1. The van der Waals surface area contributed by atoms with Gasteiger partial charge in [-0.05, 0) is 24.3 Å². The average molecular weight is 394 g/mol. The zero-order valence-electron chi connectivity index (χ0n) is 16.7. The van der Waals surface area contributed by atoms with Gasteiger partial charge in [-0.25, -0.2) is 0 Å². The van der Waals surface area contributed by atoms with Gasteiger partial charge in [-0.2, -0.15) is 0 Å². The highest BCUT2D eigenvalue weighted by Crippen LogP contribution is 2.29. The third kappa shape index (κ3) is 4.18. The number of benzene rings is 1. The van der Waals surface area contributed by atoms with Crippen molar-refractivity contribution in [1.82, 2.24) is 14.8 Å². The summed E-state index contributed by atoms with van der Waals surface area (Å²) < 4.78 is 5.46. The van der Waals surface area contributed by atoms with Crippen LogP contribution >= 0.6 is 0 Å². The fourth-order valence-corrected chi connectivity index (χ4v) is 4.09. The van der Waals surface area contributed by atoms with Crippen molar-refractivity contribution in [3.05, 3.63) is 54.4 Å². The summed E-state index contributed by atoms with van der Waals surface area (Å²) in [5.41, 5.74) is 1.90. The number of pyridine rings is 1. The maximum Gasteiger partial charge on any atom is 0.228 e. The van der Waals surface area contributed by atoms with Crippen LogP contribution in [-0.2, 0) is 16.1 Å². The van der Waals surface area contributed by atoms with Crippen molar-refractivity contribution in [2.75, 3.05) is 44.7 Å². The number of para-hydroxylation sites is 2. The number of ether oxygens (including phenoxy) is 1. The Morgan fingerprint density at radius 3 is 2.59 bits per heavy atom. The van der Waals surface area contributed by atoms with Crippen LogP contribution in [0, 0.1) is 5.92 Å². The molecule has 2 saturated heterocycles. The van der Waals surface area contributed by atoms with Crippen molar-refractivity contribution in [2.24, 2.45) is 5.92 Å². The molecule has 29 heavy (non-hydrogen) atoms. The number of hydrogen-bond acceptors (Lipinski definition) is 5. The Labute approximate surface area is 170 Å². The Morgan fingerprint density at radius 2 is 1.86 bits per heavy atom. The number of rotatable bonds is 5. The number of piperazine rings is 1. The van der Waals surface area contributed by atoms with Gasteiger partial charge in [0.15, 0.2) is 0 Å². The molecule has 2 aliphatic rings. The predicted octanol–water partition coefficient (Wildman–Crippen LogP) is 1.79. The summed E-state index contributed by atoms with van der Waals surface area (Å²) in [4.78, 5) is 35.6. The van der Waals surface area contributed by atoms with E-state index in [1.807, 2.05) is 47.4 Å². The number of carbonyl (C=O) groups is 2. The highest BCUT2D eigenvalue weighted by atomic mass is 16.5. The number of methoxy groups -OCH3 is 1. The quantitative estimate of drug-likeness (QED) is 0.774. The van der Waals surface area contributed by atoms with Gasteiger partial charge >= 0.3 is 0 Å². The Morgan fingerprint density at radius 1 is 1.10 bits per heavy atom. The van der Waals surface area contributed by atoms with Gasteiger partial charge in [-0.3, -0.25) is 14.6 Å². The van der Waals surface area contributed by atoms with Crippen LogP contribution in [0.15, 0.2) is 48.7 Å². The Bertz CT molecular complexity index is 865. The molecule has 7 nitrogen and oxygen atoms in total. The zero-order chi connectivity index (χ0) is 20.2. The van der Waals surface area contributed by atoms with Gasteiger partial charge in [0, 0.05) is 45.3 Å². The molecule has 0 aliphatic carbocycles. The number of nitrogens with zero attached hydrogens (tertiary/aromatic N) is 4. The van der Waals surface area contributed by atoms with Crippen molar-refractivity contribution in [2.45, 2.75) is 13.0 Å². The first-order valence-corrected chi connectivity index (χ1v) is 10.00. The lowest BCUT2D eigenvalue weighted by molar-refractivity contribution is -0.136. The van der Waals surface area contributed by atoms with Gasteiger partial charge in [-0.1, -0.05) is 18.2 Å². The van der Waals surface area contributed by atoms with Crippen LogP contribution in [0.3, 0.4) is 0 Å². The van der Waals surface area contributed by atoms with E-state index in [0.29, 0.717) is 32.6 Å². The third-order valence-electron chi connectivity index (χ3n) is 5.66. The van der Waals surface area contributed by atoms with E-state index in [9.17, 15) is 9.59 Å². The highest BCUT2D eigenvalue weighted by molar-refractivity contribution is 5.89. The Hall–Kier alpha value is -3.09. The molecule has 0 bridgehead atoms. The van der Waals surface area contributed by atoms with Crippen molar-refractivity contribution in [1.29, 1.82) is 0 Å². The molecule has 0 spiro atoms. The van der Waals surface area contributed by atoms with E-state index in [1.165, 1.54) is 0 Å². The van der Waals surface area contributed by atoms with Gasteiger partial charge in [0.25, 0.3) is 0 Å². The fraction of sp³-hybridized carbons (Fsp3) is 0.409. The summed E-state index contributed by atoms with van der Waals surface area (Å²) in [6.45, 7) is 3.75. The second kappa shape index (κ2) is 8.51. The van der Waals surface area contributed by atoms with Crippen molar-refractivity contribution < 1.29 is 14.3 Å². The van der Waals surface area contributed by atoms with E-state index < -0.39 is 0 Å². The molecular weight excluding hydrogens is 368 g/mol. The zero-order valence-corrected chi connectivity index (χ0v) is 16.7.